The van der Waals surface area contributed by atoms with E-state index in [2.05, 4.69) is 0 Å². The van der Waals surface area contributed by atoms with Crippen LogP contribution in [0.3, 0.4) is 0 Å². The molecule has 0 spiro atoms. The number of thioether (sulfide) groups is 1. The highest BCUT2D eigenvalue weighted by molar-refractivity contribution is 7.99. The van der Waals surface area contributed by atoms with Crippen molar-refractivity contribution in [3.63, 3.8) is 0 Å². The molecule has 0 radical (unpaired) electrons. The summed E-state index contributed by atoms with van der Waals surface area (Å²) >= 11 is 1.69. The summed E-state index contributed by atoms with van der Waals surface area (Å²) in [5, 5.41) is 8.68. The lowest BCUT2D eigenvalue weighted by molar-refractivity contribution is -0.129. The van der Waals surface area contributed by atoms with Crippen LogP contribution in [0.2, 0.25) is 0 Å². The Bertz CT molecular complexity index is 329. The highest BCUT2D eigenvalue weighted by atomic mass is 32.2. The van der Waals surface area contributed by atoms with Gasteiger partial charge in [-0.05, 0) is 18.6 Å². The molecule has 0 aliphatic carbocycles. The number of amides is 1. The minimum atomic E-state index is 0.135. The fourth-order valence-electron chi connectivity index (χ4n) is 1.40. The summed E-state index contributed by atoms with van der Waals surface area (Å²) < 4.78 is 0. The van der Waals surface area contributed by atoms with Gasteiger partial charge in [0.25, 0.3) is 0 Å². The molecule has 0 saturated carbocycles. The van der Waals surface area contributed by atoms with Gasteiger partial charge in [-0.25, -0.2) is 0 Å². The normalized spacial score (nSPS) is 10.2. The van der Waals surface area contributed by atoms with Crippen molar-refractivity contribution in [3.05, 3.63) is 30.3 Å². The van der Waals surface area contributed by atoms with Crippen LogP contribution in [0.1, 0.15) is 12.8 Å². The molecular weight excluding hydrogens is 234 g/mol. The van der Waals surface area contributed by atoms with E-state index in [0.29, 0.717) is 19.4 Å². The number of aliphatic hydroxyl groups excluding tert-OH is 1. The number of rotatable bonds is 7. The van der Waals surface area contributed by atoms with Crippen molar-refractivity contribution in [1.29, 1.82) is 0 Å². The third-order valence-electron chi connectivity index (χ3n) is 2.41. The summed E-state index contributed by atoms with van der Waals surface area (Å²) in [6.45, 7) is 0.766. The summed E-state index contributed by atoms with van der Waals surface area (Å²) in [5.74, 6) is 0.939. The number of benzene rings is 1. The predicted octanol–water partition coefficient (Wildman–Crippen LogP) is 2.01. The summed E-state index contributed by atoms with van der Waals surface area (Å²) in [5.41, 5.74) is 0. The molecule has 0 fully saturated rings. The fourth-order valence-corrected chi connectivity index (χ4v) is 2.26. The monoisotopic (exact) mass is 253 g/mol. The van der Waals surface area contributed by atoms with Gasteiger partial charge in [0.2, 0.25) is 5.91 Å². The lowest BCUT2D eigenvalue weighted by Gasteiger charge is -2.16. The molecule has 1 amide bonds. The van der Waals surface area contributed by atoms with E-state index in [1.165, 1.54) is 4.90 Å². The first-order valence-electron chi connectivity index (χ1n) is 5.76. The Balaban J connectivity index is 2.20. The quantitative estimate of drug-likeness (QED) is 0.756. The van der Waals surface area contributed by atoms with Crippen LogP contribution < -0.4 is 0 Å². The van der Waals surface area contributed by atoms with Gasteiger partial charge >= 0.3 is 0 Å². The SMILES string of the molecule is CN(CCCO)C(=O)CCSc1ccccc1. The van der Waals surface area contributed by atoms with Gasteiger partial charge in [-0.1, -0.05) is 18.2 Å². The number of nitrogens with zero attached hydrogens (tertiary/aromatic N) is 1. The molecule has 17 heavy (non-hydrogen) atoms. The Morgan fingerprint density at radius 3 is 2.71 bits per heavy atom. The molecule has 0 atom stereocenters. The topological polar surface area (TPSA) is 40.5 Å². The second-order valence-corrected chi connectivity index (χ2v) is 4.97. The van der Waals surface area contributed by atoms with Crippen molar-refractivity contribution in [3.8, 4) is 0 Å². The minimum Gasteiger partial charge on any atom is -0.396 e. The average molecular weight is 253 g/mol. The third kappa shape index (κ3) is 5.75. The molecule has 0 aliphatic heterocycles. The largest absolute Gasteiger partial charge is 0.396 e. The molecule has 1 aromatic carbocycles. The maximum absolute atomic E-state index is 11.7. The Morgan fingerprint density at radius 2 is 2.06 bits per heavy atom. The van der Waals surface area contributed by atoms with Crippen molar-refractivity contribution < 1.29 is 9.90 Å². The Labute approximate surface area is 107 Å². The molecule has 0 heterocycles. The first kappa shape index (κ1) is 14.1. The molecule has 0 aromatic heterocycles. The van der Waals surface area contributed by atoms with Gasteiger partial charge in [-0.15, -0.1) is 11.8 Å². The van der Waals surface area contributed by atoms with Crippen LogP contribution in [0, 0.1) is 0 Å². The van der Waals surface area contributed by atoms with E-state index in [-0.39, 0.29) is 12.5 Å². The fraction of sp³-hybridized carbons (Fsp3) is 0.462. The molecule has 0 saturated heterocycles. The molecule has 0 unspecified atom stereocenters. The maximum atomic E-state index is 11.7. The first-order chi connectivity index (χ1) is 8.24. The van der Waals surface area contributed by atoms with Gasteiger partial charge in [-0.3, -0.25) is 4.79 Å². The lowest BCUT2D eigenvalue weighted by Crippen LogP contribution is -2.28. The standard InChI is InChI=1S/C13H19NO2S/c1-14(9-5-10-15)13(16)8-11-17-12-6-3-2-4-7-12/h2-4,6-7,15H,5,8-11H2,1H3. The predicted molar refractivity (Wildman–Crippen MR) is 71.1 cm³/mol. The molecule has 0 aliphatic rings. The van der Waals surface area contributed by atoms with Crippen molar-refractivity contribution in [2.75, 3.05) is 26.0 Å². The molecule has 3 nitrogen and oxygen atoms in total. The Kier molecular flexibility index (Phi) is 6.74. The van der Waals surface area contributed by atoms with Gasteiger partial charge in [-0.2, -0.15) is 0 Å². The molecule has 1 N–H and O–H groups in total. The van der Waals surface area contributed by atoms with Crippen LogP contribution in [-0.4, -0.2) is 41.9 Å². The Morgan fingerprint density at radius 1 is 1.35 bits per heavy atom. The zero-order valence-electron chi connectivity index (χ0n) is 10.1. The molecule has 1 rings (SSSR count). The third-order valence-corrected chi connectivity index (χ3v) is 3.42. The van der Waals surface area contributed by atoms with E-state index in [0.717, 1.165) is 5.75 Å². The molecule has 0 bridgehead atoms. The van der Waals surface area contributed by atoms with E-state index in [9.17, 15) is 4.79 Å². The molecule has 4 heteroatoms. The molecule has 1 aromatic rings. The Hall–Kier alpha value is -1.00. The van der Waals surface area contributed by atoms with Gasteiger partial charge in [0, 0.05) is 37.3 Å². The number of carbonyl (C=O) groups is 1. The number of hydrogen-bond acceptors (Lipinski definition) is 3. The summed E-state index contributed by atoms with van der Waals surface area (Å²) in [6.07, 6.45) is 1.19. The van der Waals surface area contributed by atoms with Gasteiger partial charge in [0.05, 0.1) is 0 Å². The van der Waals surface area contributed by atoms with Crippen LogP contribution in [0.4, 0.5) is 0 Å². The van der Waals surface area contributed by atoms with Crippen LogP contribution in [0.25, 0.3) is 0 Å². The summed E-state index contributed by atoms with van der Waals surface area (Å²) in [4.78, 5) is 14.5. The van der Waals surface area contributed by atoms with Crippen LogP contribution in [0.15, 0.2) is 35.2 Å². The zero-order valence-corrected chi connectivity index (χ0v) is 10.9. The van der Waals surface area contributed by atoms with Crippen molar-refractivity contribution in [1.82, 2.24) is 4.90 Å². The van der Waals surface area contributed by atoms with Crippen molar-refractivity contribution >= 4 is 17.7 Å². The number of hydrogen-bond donors (Lipinski definition) is 1. The smallest absolute Gasteiger partial charge is 0.223 e. The van der Waals surface area contributed by atoms with E-state index in [1.54, 1.807) is 23.7 Å². The molecule has 94 valence electrons. The average Bonchev–Trinajstić information content (AvgIpc) is 2.37. The second kappa shape index (κ2) is 8.14. The second-order valence-electron chi connectivity index (χ2n) is 3.80. The van der Waals surface area contributed by atoms with Crippen LogP contribution >= 0.6 is 11.8 Å². The highest BCUT2D eigenvalue weighted by Crippen LogP contribution is 2.17. The van der Waals surface area contributed by atoms with Crippen molar-refractivity contribution in [2.45, 2.75) is 17.7 Å². The minimum absolute atomic E-state index is 0.135. The number of carbonyl (C=O) groups excluding carboxylic acids is 1. The van der Waals surface area contributed by atoms with Gasteiger partial charge in [0.1, 0.15) is 0 Å². The van der Waals surface area contributed by atoms with Gasteiger partial charge < -0.3 is 10.0 Å². The summed E-state index contributed by atoms with van der Waals surface area (Å²) in [6, 6.07) is 10.1. The van der Waals surface area contributed by atoms with E-state index in [1.807, 2.05) is 30.3 Å². The zero-order chi connectivity index (χ0) is 12.5. The van der Waals surface area contributed by atoms with Crippen LogP contribution in [0.5, 0.6) is 0 Å². The summed E-state index contributed by atoms with van der Waals surface area (Å²) in [7, 11) is 1.78. The maximum Gasteiger partial charge on any atom is 0.223 e. The van der Waals surface area contributed by atoms with E-state index in [4.69, 9.17) is 5.11 Å². The van der Waals surface area contributed by atoms with E-state index < -0.39 is 0 Å². The van der Waals surface area contributed by atoms with Crippen molar-refractivity contribution in [2.24, 2.45) is 0 Å². The first-order valence-corrected chi connectivity index (χ1v) is 6.75. The number of aliphatic hydroxyl groups is 1. The van der Waals surface area contributed by atoms with Gasteiger partial charge in [0.15, 0.2) is 0 Å². The lowest BCUT2D eigenvalue weighted by atomic mass is 10.3. The van der Waals surface area contributed by atoms with Crippen LogP contribution in [-0.2, 0) is 4.79 Å². The highest BCUT2D eigenvalue weighted by Gasteiger charge is 2.07. The van der Waals surface area contributed by atoms with E-state index >= 15 is 0 Å². The molecular formula is C13H19NO2S.